The van der Waals surface area contributed by atoms with Crippen molar-refractivity contribution in [3.63, 3.8) is 0 Å². The van der Waals surface area contributed by atoms with Gasteiger partial charge in [0.25, 0.3) is 0 Å². The van der Waals surface area contributed by atoms with E-state index < -0.39 is 6.61 Å². The molecule has 1 amide bonds. The van der Waals surface area contributed by atoms with Gasteiger partial charge >= 0.3 is 6.61 Å². The number of halogens is 2. The molecule has 2 fully saturated rings. The van der Waals surface area contributed by atoms with E-state index >= 15 is 0 Å². The smallest absolute Gasteiger partial charge is 0.387 e. The molecular formula is C17H21F2NO2. The lowest BCUT2D eigenvalue weighted by Gasteiger charge is -2.23. The monoisotopic (exact) mass is 309 g/mol. The highest BCUT2D eigenvalue weighted by atomic mass is 19.3. The summed E-state index contributed by atoms with van der Waals surface area (Å²) in [4.78, 5) is 12.4. The predicted octanol–water partition coefficient (Wildman–Crippen LogP) is 3.90. The first-order valence-electron chi connectivity index (χ1n) is 7.88. The quantitative estimate of drug-likeness (QED) is 0.896. The molecule has 1 N–H and O–H groups in total. The van der Waals surface area contributed by atoms with Crippen molar-refractivity contribution in [1.82, 2.24) is 5.32 Å². The number of hydrogen-bond donors (Lipinski definition) is 1. The molecule has 2 aliphatic carbocycles. The molecule has 3 rings (SSSR count). The number of benzene rings is 1. The summed E-state index contributed by atoms with van der Waals surface area (Å²) in [7, 11) is 0. The number of hydrogen-bond acceptors (Lipinski definition) is 2. The Bertz CT molecular complexity index is 549. The highest BCUT2D eigenvalue weighted by molar-refractivity contribution is 5.80. The van der Waals surface area contributed by atoms with Crippen LogP contribution in [0.15, 0.2) is 24.3 Å². The molecule has 4 atom stereocenters. The van der Waals surface area contributed by atoms with E-state index in [0.717, 1.165) is 24.3 Å². The van der Waals surface area contributed by atoms with Crippen molar-refractivity contribution in [1.29, 1.82) is 0 Å². The molecule has 2 aliphatic rings. The standard InChI is InChI=1S/C17H21F2NO2/c1-10(12-3-2-4-14(9-12)22-17(18)19)20-16(21)15-8-11-5-6-13(15)7-11/h2-4,9-11,13,15,17H,5-8H2,1H3,(H,20,21)/t10-,11-,13-,15-/m1/s1. The Morgan fingerprint density at radius 3 is 2.77 bits per heavy atom. The van der Waals surface area contributed by atoms with Crippen LogP contribution in [-0.4, -0.2) is 12.5 Å². The van der Waals surface area contributed by atoms with Gasteiger partial charge in [-0.2, -0.15) is 8.78 Å². The number of alkyl halides is 2. The fourth-order valence-electron chi connectivity index (χ4n) is 3.93. The number of carbonyl (C=O) groups is 1. The summed E-state index contributed by atoms with van der Waals surface area (Å²) in [6.07, 6.45) is 4.60. The molecule has 0 aromatic heterocycles. The summed E-state index contributed by atoms with van der Waals surface area (Å²) < 4.78 is 28.9. The van der Waals surface area contributed by atoms with Gasteiger partial charge in [0.2, 0.25) is 5.91 Å². The number of fused-ring (bicyclic) bond motifs is 2. The maximum Gasteiger partial charge on any atom is 0.387 e. The van der Waals surface area contributed by atoms with Crippen molar-refractivity contribution in [2.75, 3.05) is 0 Å². The second-order valence-electron chi connectivity index (χ2n) is 6.46. The lowest BCUT2D eigenvalue weighted by molar-refractivity contribution is -0.127. The molecule has 1 aromatic carbocycles. The minimum Gasteiger partial charge on any atom is -0.435 e. The van der Waals surface area contributed by atoms with Gasteiger partial charge in [-0.3, -0.25) is 4.79 Å². The number of rotatable bonds is 5. The van der Waals surface area contributed by atoms with Gasteiger partial charge in [-0.1, -0.05) is 18.6 Å². The van der Waals surface area contributed by atoms with Crippen LogP contribution in [0, 0.1) is 17.8 Å². The zero-order valence-electron chi connectivity index (χ0n) is 12.6. The topological polar surface area (TPSA) is 38.3 Å². The molecule has 5 heteroatoms. The van der Waals surface area contributed by atoms with Crippen LogP contribution in [0.2, 0.25) is 0 Å². The summed E-state index contributed by atoms with van der Waals surface area (Å²) in [6.45, 7) is -0.971. The fraction of sp³-hybridized carbons (Fsp3) is 0.588. The Hall–Kier alpha value is -1.65. The first kappa shape index (κ1) is 15.3. The average molecular weight is 309 g/mol. The molecule has 3 nitrogen and oxygen atoms in total. The third-order valence-corrected chi connectivity index (χ3v) is 5.02. The molecule has 2 bridgehead atoms. The normalized spacial score (nSPS) is 27.9. The Labute approximate surface area is 129 Å². The number of amides is 1. The first-order chi connectivity index (χ1) is 10.5. The molecule has 0 unspecified atom stereocenters. The van der Waals surface area contributed by atoms with Crippen LogP contribution >= 0.6 is 0 Å². The Morgan fingerprint density at radius 2 is 2.14 bits per heavy atom. The van der Waals surface area contributed by atoms with E-state index in [4.69, 9.17) is 0 Å². The zero-order chi connectivity index (χ0) is 15.7. The van der Waals surface area contributed by atoms with E-state index in [1.807, 2.05) is 13.0 Å². The number of carbonyl (C=O) groups excluding carboxylic acids is 1. The van der Waals surface area contributed by atoms with Crippen molar-refractivity contribution in [2.45, 2.75) is 45.3 Å². The summed E-state index contributed by atoms with van der Waals surface area (Å²) >= 11 is 0. The van der Waals surface area contributed by atoms with Gasteiger partial charge in [-0.05, 0) is 55.7 Å². The zero-order valence-corrected chi connectivity index (χ0v) is 12.6. The molecule has 0 radical (unpaired) electrons. The highest BCUT2D eigenvalue weighted by Crippen LogP contribution is 2.48. The van der Waals surface area contributed by atoms with Crippen LogP contribution in [0.5, 0.6) is 5.75 Å². The fourth-order valence-corrected chi connectivity index (χ4v) is 3.93. The van der Waals surface area contributed by atoms with Crippen LogP contribution in [-0.2, 0) is 4.79 Å². The van der Waals surface area contributed by atoms with Crippen LogP contribution < -0.4 is 10.1 Å². The van der Waals surface area contributed by atoms with Crippen LogP contribution in [0.1, 0.15) is 44.2 Å². The van der Waals surface area contributed by atoms with Gasteiger partial charge < -0.3 is 10.1 Å². The lowest BCUT2D eigenvalue weighted by Crippen LogP contribution is -2.35. The molecule has 120 valence electrons. The molecule has 1 aromatic rings. The second-order valence-corrected chi connectivity index (χ2v) is 6.46. The first-order valence-corrected chi connectivity index (χ1v) is 7.88. The second kappa shape index (κ2) is 6.23. The van der Waals surface area contributed by atoms with Gasteiger partial charge in [0.05, 0.1) is 6.04 Å². The van der Waals surface area contributed by atoms with Crippen molar-refractivity contribution in [2.24, 2.45) is 17.8 Å². The minimum absolute atomic E-state index is 0.0971. The van der Waals surface area contributed by atoms with E-state index in [2.05, 4.69) is 10.1 Å². The Morgan fingerprint density at radius 1 is 1.32 bits per heavy atom. The lowest BCUT2D eigenvalue weighted by atomic mass is 9.88. The molecular weight excluding hydrogens is 288 g/mol. The van der Waals surface area contributed by atoms with Crippen molar-refractivity contribution >= 4 is 5.91 Å². The van der Waals surface area contributed by atoms with Crippen LogP contribution in [0.4, 0.5) is 8.78 Å². The summed E-state index contributed by atoms with van der Waals surface area (Å²) in [6, 6.07) is 6.29. The summed E-state index contributed by atoms with van der Waals surface area (Å²) in [5.74, 6) is 1.60. The SMILES string of the molecule is C[C@@H](NC(=O)[C@@H]1C[C@@H]2CC[C@@H]1C2)c1cccc(OC(F)F)c1. The summed E-state index contributed by atoms with van der Waals surface area (Å²) in [5, 5.41) is 3.02. The molecule has 0 saturated heterocycles. The van der Waals surface area contributed by atoms with E-state index in [0.29, 0.717) is 5.92 Å². The third-order valence-electron chi connectivity index (χ3n) is 5.02. The van der Waals surface area contributed by atoms with Gasteiger partial charge in [-0.25, -0.2) is 0 Å². The maximum atomic E-state index is 12.4. The van der Waals surface area contributed by atoms with E-state index in [-0.39, 0.29) is 23.6 Å². The highest BCUT2D eigenvalue weighted by Gasteiger charge is 2.43. The maximum absolute atomic E-state index is 12.4. The van der Waals surface area contributed by atoms with Gasteiger partial charge in [0, 0.05) is 5.92 Å². The Kier molecular flexibility index (Phi) is 4.32. The Balaban J connectivity index is 1.61. The number of nitrogens with one attached hydrogen (secondary N) is 1. The number of ether oxygens (including phenoxy) is 1. The van der Waals surface area contributed by atoms with E-state index in [1.165, 1.54) is 18.9 Å². The van der Waals surface area contributed by atoms with Crippen molar-refractivity contribution < 1.29 is 18.3 Å². The van der Waals surface area contributed by atoms with Gasteiger partial charge in [0.15, 0.2) is 0 Å². The summed E-state index contributed by atoms with van der Waals surface area (Å²) in [5.41, 5.74) is 0.773. The molecule has 0 spiro atoms. The van der Waals surface area contributed by atoms with E-state index in [9.17, 15) is 13.6 Å². The van der Waals surface area contributed by atoms with Crippen LogP contribution in [0.25, 0.3) is 0 Å². The van der Waals surface area contributed by atoms with Crippen LogP contribution in [0.3, 0.4) is 0 Å². The largest absolute Gasteiger partial charge is 0.435 e. The van der Waals surface area contributed by atoms with Gasteiger partial charge in [-0.15, -0.1) is 0 Å². The average Bonchev–Trinajstić information content (AvgIpc) is 3.09. The molecule has 0 aliphatic heterocycles. The van der Waals surface area contributed by atoms with Crippen molar-refractivity contribution in [3.8, 4) is 5.75 Å². The molecule has 22 heavy (non-hydrogen) atoms. The van der Waals surface area contributed by atoms with Crippen molar-refractivity contribution in [3.05, 3.63) is 29.8 Å². The predicted molar refractivity (Wildman–Crippen MR) is 78.6 cm³/mol. The van der Waals surface area contributed by atoms with Gasteiger partial charge in [0.1, 0.15) is 5.75 Å². The minimum atomic E-state index is -2.84. The third kappa shape index (κ3) is 3.23. The molecule has 2 saturated carbocycles. The van der Waals surface area contributed by atoms with E-state index in [1.54, 1.807) is 12.1 Å². The molecule has 0 heterocycles.